The van der Waals surface area contributed by atoms with Gasteiger partial charge >= 0.3 is 0 Å². The zero-order chi connectivity index (χ0) is 43.9. The van der Waals surface area contributed by atoms with E-state index in [1.807, 2.05) is 0 Å². The predicted molar refractivity (Wildman–Crippen MR) is 277 cm³/mol. The highest BCUT2D eigenvalue weighted by Gasteiger charge is 2.36. The first-order chi connectivity index (χ1) is 31.9. The molecular weight excluding hydrogens is 783 g/mol. The van der Waals surface area contributed by atoms with Crippen molar-refractivity contribution in [2.75, 3.05) is 4.90 Å². The lowest BCUT2D eigenvalue weighted by atomic mass is 9.78. The van der Waals surface area contributed by atoms with E-state index in [0.717, 1.165) is 5.92 Å². The highest BCUT2D eigenvalue weighted by atomic mass is 15.1. The van der Waals surface area contributed by atoms with Crippen LogP contribution in [0.4, 0.5) is 17.1 Å². The Morgan fingerprint density at radius 3 is 1.54 bits per heavy atom. The van der Waals surface area contributed by atoms with Crippen LogP contribution in [-0.2, 0) is 5.41 Å². The van der Waals surface area contributed by atoms with Gasteiger partial charge < -0.3 is 4.90 Å². The fourth-order valence-electron chi connectivity index (χ4n) is 12.6. The Hall–Kier alpha value is -5.66. The van der Waals surface area contributed by atoms with E-state index in [4.69, 9.17) is 0 Å². The fourth-order valence-corrected chi connectivity index (χ4v) is 12.6. The summed E-state index contributed by atoms with van der Waals surface area (Å²) in [6.07, 6.45) is 20.4. The van der Waals surface area contributed by atoms with Crippen molar-refractivity contribution < 1.29 is 0 Å². The predicted octanol–water partition coefficient (Wildman–Crippen LogP) is 18.9. The molecule has 0 amide bonds. The molecule has 11 rings (SSSR count). The molecule has 3 fully saturated rings. The van der Waals surface area contributed by atoms with Crippen LogP contribution in [0.2, 0.25) is 0 Å². The lowest BCUT2D eigenvalue weighted by Crippen LogP contribution is -2.16. The molecule has 0 radical (unpaired) electrons. The second-order valence-corrected chi connectivity index (χ2v) is 20.9. The van der Waals surface area contributed by atoms with Crippen LogP contribution >= 0.6 is 0 Å². The Labute approximate surface area is 390 Å². The van der Waals surface area contributed by atoms with Gasteiger partial charge in [0.1, 0.15) is 0 Å². The van der Waals surface area contributed by atoms with Gasteiger partial charge in [0.25, 0.3) is 0 Å². The summed E-state index contributed by atoms with van der Waals surface area (Å²) in [6.45, 7) is 7.06. The lowest BCUT2D eigenvalue weighted by Gasteiger charge is -2.29. The van der Waals surface area contributed by atoms with Crippen molar-refractivity contribution >= 4 is 17.1 Å². The van der Waals surface area contributed by atoms with Crippen molar-refractivity contribution in [3.05, 3.63) is 185 Å². The molecule has 0 saturated heterocycles. The van der Waals surface area contributed by atoms with Gasteiger partial charge in [-0.1, -0.05) is 181 Å². The molecular formula is C64H67N. The fraction of sp³-hybridized carbons (Fsp3) is 0.344. The van der Waals surface area contributed by atoms with Gasteiger partial charge in [-0.25, -0.2) is 0 Å². The van der Waals surface area contributed by atoms with Gasteiger partial charge in [-0.2, -0.15) is 0 Å². The number of anilines is 3. The molecule has 0 heterocycles. The van der Waals surface area contributed by atoms with Gasteiger partial charge in [0, 0.05) is 22.5 Å². The minimum absolute atomic E-state index is 0.0915. The van der Waals surface area contributed by atoms with E-state index < -0.39 is 0 Å². The quantitative estimate of drug-likeness (QED) is 0.140. The molecule has 0 unspecified atom stereocenters. The Kier molecular flexibility index (Phi) is 11.6. The first-order valence-electron chi connectivity index (χ1n) is 25.5. The molecule has 0 aromatic heterocycles. The third-order valence-corrected chi connectivity index (χ3v) is 16.4. The smallest absolute Gasteiger partial charge is 0.0467 e. The molecule has 1 heteroatoms. The van der Waals surface area contributed by atoms with Crippen LogP contribution < -0.4 is 4.90 Å². The van der Waals surface area contributed by atoms with Crippen LogP contribution in [0.3, 0.4) is 0 Å². The Bertz CT molecular complexity index is 2750. The second-order valence-electron chi connectivity index (χ2n) is 20.9. The SMILES string of the molecule is Cc1ccc(-c2cc(C3CCCCC3)cc(C3CCCCC3)c2)cc1-c1cccc(N(c2ccc(-c3ccc(C4CCCCC4)cc3)cc2)c2ccc3c(c2)C(C)(C)c2ccccc2-3)c1. The number of hydrogen-bond acceptors (Lipinski definition) is 1. The van der Waals surface area contributed by atoms with E-state index in [-0.39, 0.29) is 5.41 Å². The van der Waals surface area contributed by atoms with E-state index in [9.17, 15) is 0 Å². The summed E-state index contributed by atoms with van der Waals surface area (Å²) in [7, 11) is 0. The largest absolute Gasteiger partial charge is 0.310 e. The summed E-state index contributed by atoms with van der Waals surface area (Å²) in [5.41, 5.74) is 22.8. The molecule has 0 atom stereocenters. The zero-order valence-electron chi connectivity index (χ0n) is 39.2. The van der Waals surface area contributed by atoms with Crippen molar-refractivity contribution in [1.29, 1.82) is 0 Å². The molecule has 328 valence electrons. The number of hydrogen-bond donors (Lipinski definition) is 0. The summed E-state index contributed by atoms with van der Waals surface area (Å²) in [5, 5.41) is 0. The van der Waals surface area contributed by atoms with Crippen LogP contribution in [0.25, 0.3) is 44.5 Å². The minimum atomic E-state index is -0.0915. The minimum Gasteiger partial charge on any atom is -0.310 e. The van der Waals surface area contributed by atoms with Crippen LogP contribution in [0, 0.1) is 6.92 Å². The van der Waals surface area contributed by atoms with E-state index in [2.05, 4.69) is 177 Å². The highest BCUT2D eigenvalue weighted by Crippen LogP contribution is 2.51. The first kappa shape index (κ1) is 42.0. The molecule has 65 heavy (non-hydrogen) atoms. The Balaban J connectivity index is 0.975. The average Bonchev–Trinajstić information content (AvgIpc) is 3.60. The number of fused-ring (bicyclic) bond motifs is 3. The summed E-state index contributed by atoms with van der Waals surface area (Å²) in [4.78, 5) is 2.49. The van der Waals surface area contributed by atoms with Gasteiger partial charge in [0.2, 0.25) is 0 Å². The van der Waals surface area contributed by atoms with E-state index in [1.54, 1.807) is 11.1 Å². The number of benzene rings is 7. The zero-order valence-corrected chi connectivity index (χ0v) is 39.2. The monoisotopic (exact) mass is 850 g/mol. The summed E-state index contributed by atoms with van der Waals surface area (Å²) >= 11 is 0. The molecule has 0 spiro atoms. The lowest BCUT2D eigenvalue weighted by molar-refractivity contribution is 0.435. The van der Waals surface area contributed by atoms with Crippen molar-refractivity contribution in [3.63, 3.8) is 0 Å². The van der Waals surface area contributed by atoms with Crippen LogP contribution in [0.1, 0.15) is 161 Å². The highest BCUT2D eigenvalue weighted by molar-refractivity contribution is 5.87. The summed E-state index contributed by atoms with van der Waals surface area (Å²) in [5.74, 6) is 2.11. The van der Waals surface area contributed by atoms with Gasteiger partial charge in [-0.05, 0) is 184 Å². The molecule has 4 aliphatic carbocycles. The van der Waals surface area contributed by atoms with Gasteiger partial charge in [0.05, 0.1) is 0 Å². The standard InChI is InChI=1S/C64H67N/c1-44-26-27-51(55-39-53(46-18-9-5-10-19-46)38-54(40-55)47-20-11-6-12-21-47)42-61(44)52-22-15-23-57(41-52)65(58-36-37-60-59-24-13-14-25-62(59)64(2,3)63(60)43-58)56-34-32-50(33-35-56)49-30-28-48(29-31-49)45-16-7-4-8-17-45/h13-15,22-43,45-47H,4-12,16-21H2,1-3H3. The Morgan fingerprint density at radius 1 is 0.354 bits per heavy atom. The number of nitrogens with zero attached hydrogens (tertiary/aromatic N) is 1. The molecule has 0 bridgehead atoms. The molecule has 4 aliphatic rings. The molecule has 7 aromatic rings. The van der Waals surface area contributed by atoms with Crippen molar-refractivity contribution in [2.45, 2.75) is 140 Å². The van der Waals surface area contributed by atoms with Crippen LogP contribution in [0.5, 0.6) is 0 Å². The maximum absolute atomic E-state index is 2.63. The maximum atomic E-state index is 2.63. The van der Waals surface area contributed by atoms with Gasteiger partial charge in [-0.3, -0.25) is 0 Å². The van der Waals surface area contributed by atoms with Crippen molar-refractivity contribution in [3.8, 4) is 44.5 Å². The summed E-state index contributed by atoms with van der Waals surface area (Å²) < 4.78 is 0. The van der Waals surface area contributed by atoms with E-state index in [1.165, 1.54) is 180 Å². The van der Waals surface area contributed by atoms with Gasteiger partial charge in [0.15, 0.2) is 0 Å². The van der Waals surface area contributed by atoms with Crippen LogP contribution in [-0.4, -0.2) is 0 Å². The molecule has 1 nitrogen and oxygen atoms in total. The van der Waals surface area contributed by atoms with E-state index in [0.29, 0.717) is 11.8 Å². The topological polar surface area (TPSA) is 3.24 Å². The molecule has 3 saturated carbocycles. The van der Waals surface area contributed by atoms with Crippen molar-refractivity contribution in [1.82, 2.24) is 0 Å². The second kappa shape index (κ2) is 18.0. The third kappa shape index (κ3) is 8.30. The maximum Gasteiger partial charge on any atom is 0.0467 e. The number of aryl methyl sites for hydroxylation is 1. The first-order valence-corrected chi connectivity index (χ1v) is 25.5. The molecule has 7 aromatic carbocycles. The van der Waals surface area contributed by atoms with Crippen LogP contribution in [0.15, 0.2) is 152 Å². The van der Waals surface area contributed by atoms with E-state index >= 15 is 0 Å². The number of rotatable bonds is 9. The normalized spacial score (nSPS) is 17.7. The third-order valence-electron chi connectivity index (χ3n) is 16.4. The molecule has 0 N–H and O–H groups in total. The average molecular weight is 850 g/mol. The van der Waals surface area contributed by atoms with Gasteiger partial charge in [-0.15, -0.1) is 0 Å². The summed E-state index contributed by atoms with van der Waals surface area (Å²) in [6, 6.07) is 59.3. The van der Waals surface area contributed by atoms with Crippen molar-refractivity contribution in [2.24, 2.45) is 0 Å². The molecule has 0 aliphatic heterocycles. The Morgan fingerprint density at radius 2 is 0.892 bits per heavy atom.